The molecule has 1 N–H and O–H groups in total. The second kappa shape index (κ2) is 6.32. The van der Waals surface area contributed by atoms with Crippen molar-refractivity contribution >= 4 is 27.5 Å². The maximum absolute atomic E-state index is 13.1. The van der Waals surface area contributed by atoms with Crippen LogP contribution in [-0.4, -0.2) is 17.0 Å². The first-order chi connectivity index (χ1) is 10.7. The molecule has 0 radical (unpaired) electrons. The van der Waals surface area contributed by atoms with Crippen molar-refractivity contribution < 1.29 is 9.18 Å². The third kappa shape index (κ3) is 2.90. The van der Waals surface area contributed by atoms with Crippen LogP contribution < -0.4 is 5.32 Å². The Labute approximate surface area is 132 Å². The van der Waals surface area contributed by atoms with Crippen LogP contribution in [-0.2, 0) is 13.0 Å². The van der Waals surface area contributed by atoms with Crippen LogP contribution >= 0.6 is 11.3 Å². The molecule has 22 heavy (non-hydrogen) atoms. The standard InChI is InChI=1S/C17H17FN2OS/c1-2-20-14-7-9-22-16(14)11-15(20)17(21)19-8-6-12-4-3-5-13(18)10-12/h3-5,7,9-11H,2,6,8H2,1H3,(H,19,21). The van der Waals surface area contributed by atoms with E-state index in [1.165, 1.54) is 12.1 Å². The van der Waals surface area contributed by atoms with Crippen LogP contribution in [0, 0.1) is 5.82 Å². The first kappa shape index (κ1) is 14.8. The predicted molar refractivity (Wildman–Crippen MR) is 87.9 cm³/mol. The number of nitrogens with zero attached hydrogens (tertiary/aromatic N) is 1. The maximum Gasteiger partial charge on any atom is 0.267 e. The van der Waals surface area contributed by atoms with Crippen molar-refractivity contribution in [3.8, 4) is 0 Å². The topological polar surface area (TPSA) is 34.0 Å². The van der Waals surface area contributed by atoms with Crippen molar-refractivity contribution in [2.24, 2.45) is 0 Å². The molecule has 0 aliphatic carbocycles. The third-order valence-electron chi connectivity index (χ3n) is 3.66. The fourth-order valence-electron chi connectivity index (χ4n) is 2.61. The van der Waals surface area contributed by atoms with Crippen molar-refractivity contribution in [3.05, 3.63) is 58.9 Å². The molecule has 0 spiro atoms. The van der Waals surface area contributed by atoms with E-state index in [-0.39, 0.29) is 11.7 Å². The monoisotopic (exact) mass is 316 g/mol. The van der Waals surface area contributed by atoms with Crippen molar-refractivity contribution in [2.75, 3.05) is 6.54 Å². The van der Waals surface area contributed by atoms with E-state index in [1.807, 2.05) is 35.1 Å². The Morgan fingerprint density at radius 2 is 2.18 bits per heavy atom. The summed E-state index contributed by atoms with van der Waals surface area (Å²) in [5, 5.41) is 4.95. The number of amides is 1. The van der Waals surface area contributed by atoms with Gasteiger partial charge in [-0.05, 0) is 48.6 Å². The lowest BCUT2D eigenvalue weighted by Gasteiger charge is -2.08. The molecule has 0 bridgehead atoms. The molecule has 0 aliphatic rings. The van der Waals surface area contributed by atoms with Crippen LogP contribution in [0.3, 0.4) is 0 Å². The van der Waals surface area contributed by atoms with Gasteiger partial charge in [-0.2, -0.15) is 0 Å². The lowest BCUT2D eigenvalue weighted by Crippen LogP contribution is -2.27. The quantitative estimate of drug-likeness (QED) is 0.762. The second-order valence-electron chi connectivity index (χ2n) is 5.08. The van der Waals surface area contributed by atoms with Crippen LogP contribution in [0.1, 0.15) is 23.0 Å². The summed E-state index contributed by atoms with van der Waals surface area (Å²) in [4.78, 5) is 12.3. The molecule has 3 nitrogen and oxygen atoms in total. The van der Waals surface area contributed by atoms with E-state index in [2.05, 4.69) is 5.32 Å². The summed E-state index contributed by atoms with van der Waals surface area (Å²) in [5.74, 6) is -0.328. The van der Waals surface area contributed by atoms with Crippen molar-refractivity contribution in [1.82, 2.24) is 9.88 Å². The lowest BCUT2D eigenvalue weighted by molar-refractivity contribution is 0.0945. The maximum atomic E-state index is 13.1. The molecule has 1 aromatic carbocycles. The van der Waals surface area contributed by atoms with Crippen molar-refractivity contribution in [3.63, 3.8) is 0 Å². The molecular weight excluding hydrogens is 299 g/mol. The first-order valence-corrected chi connectivity index (χ1v) is 8.16. The van der Waals surface area contributed by atoms with Gasteiger partial charge in [-0.15, -0.1) is 11.3 Å². The van der Waals surface area contributed by atoms with E-state index in [1.54, 1.807) is 17.4 Å². The number of carbonyl (C=O) groups excluding carboxylic acids is 1. The van der Waals surface area contributed by atoms with Crippen LogP contribution in [0.25, 0.3) is 10.2 Å². The van der Waals surface area contributed by atoms with E-state index in [0.29, 0.717) is 18.7 Å². The highest BCUT2D eigenvalue weighted by Crippen LogP contribution is 2.25. The molecule has 0 unspecified atom stereocenters. The van der Waals surface area contributed by atoms with Gasteiger partial charge in [-0.3, -0.25) is 4.79 Å². The number of nitrogens with one attached hydrogen (secondary N) is 1. The largest absolute Gasteiger partial charge is 0.350 e. The van der Waals surface area contributed by atoms with Crippen LogP contribution in [0.15, 0.2) is 41.8 Å². The van der Waals surface area contributed by atoms with E-state index in [4.69, 9.17) is 0 Å². The van der Waals surface area contributed by atoms with E-state index >= 15 is 0 Å². The second-order valence-corrected chi connectivity index (χ2v) is 6.03. The molecule has 3 rings (SSSR count). The van der Waals surface area contributed by atoms with Crippen LogP contribution in [0.4, 0.5) is 4.39 Å². The molecular formula is C17H17FN2OS. The minimum Gasteiger partial charge on any atom is -0.350 e. The SMILES string of the molecule is CCn1c(C(=O)NCCc2cccc(F)c2)cc2sccc21. The highest BCUT2D eigenvalue weighted by atomic mass is 32.1. The van der Waals surface area contributed by atoms with Gasteiger partial charge in [0.25, 0.3) is 5.91 Å². The molecule has 1 amide bonds. The number of aryl methyl sites for hydroxylation is 1. The van der Waals surface area contributed by atoms with Gasteiger partial charge < -0.3 is 9.88 Å². The van der Waals surface area contributed by atoms with E-state index in [0.717, 1.165) is 22.3 Å². The Bertz CT molecular complexity index is 806. The van der Waals surface area contributed by atoms with Gasteiger partial charge in [0, 0.05) is 13.1 Å². The third-order valence-corrected chi connectivity index (χ3v) is 4.51. The predicted octanol–water partition coefficient (Wildman–Crippen LogP) is 3.83. The number of rotatable bonds is 5. The molecule has 2 heterocycles. The number of hydrogen-bond donors (Lipinski definition) is 1. The molecule has 114 valence electrons. The number of carbonyl (C=O) groups is 1. The summed E-state index contributed by atoms with van der Waals surface area (Å²) < 4.78 is 16.2. The van der Waals surface area contributed by atoms with Crippen molar-refractivity contribution in [1.29, 1.82) is 0 Å². The molecule has 0 fully saturated rings. The molecule has 0 aliphatic heterocycles. The van der Waals surface area contributed by atoms with Gasteiger partial charge in [0.05, 0.1) is 10.2 Å². The molecule has 0 saturated heterocycles. The number of thiophene rings is 1. The van der Waals surface area contributed by atoms with Crippen LogP contribution in [0.5, 0.6) is 0 Å². The zero-order valence-corrected chi connectivity index (χ0v) is 13.1. The van der Waals surface area contributed by atoms with Crippen LogP contribution in [0.2, 0.25) is 0 Å². The van der Waals surface area contributed by atoms with Gasteiger partial charge >= 0.3 is 0 Å². The summed E-state index contributed by atoms with van der Waals surface area (Å²) in [7, 11) is 0. The Hall–Kier alpha value is -2.14. The van der Waals surface area contributed by atoms with Gasteiger partial charge in [-0.1, -0.05) is 12.1 Å². The zero-order valence-electron chi connectivity index (χ0n) is 12.3. The van der Waals surface area contributed by atoms with Gasteiger partial charge in [0.2, 0.25) is 0 Å². The Morgan fingerprint density at radius 3 is 2.95 bits per heavy atom. The summed E-state index contributed by atoms with van der Waals surface area (Å²) in [5.41, 5.74) is 2.67. The summed E-state index contributed by atoms with van der Waals surface area (Å²) in [6, 6.07) is 10.4. The van der Waals surface area contributed by atoms with Gasteiger partial charge in [0.15, 0.2) is 0 Å². The number of aromatic nitrogens is 1. The average molecular weight is 316 g/mol. The van der Waals surface area contributed by atoms with E-state index in [9.17, 15) is 9.18 Å². The molecule has 3 aromatic rings. The summed E-state index contributed by atoms with van der Waals surface area (Å²) >= 11 is 1.63. The van der Waals surface area contributed by atoms with Crippen molar-refractivity contribution in [2.45, 2.75) is 19.9 Å². The Morgan fingerprint density at radius 1 is 1.32 bits per heavy atom. The minimum atomic E-state index is -0.246. The number of hydrogen-bond acceptors (Lipinski definition) is 2. The number of benzene rings is 1. The molecule has 5 heteroatoms. The Kier molecular flexibility index (Phi) is 4.24. The minimum absolute atomic E-state index is 0.0818. The number of fused-ring (bicyclic) bond motifs is 1. The summed E-state index contributed by atoms with van der Waals surface area (Å²) in [6.45, 7) is 3.28. The van der Waals surface area contributed by atoms with E-state index < -0.39 is 0 Å². The highest BCUT2D eigenvalue weighted by Gasteiger charge is 2.14. The number of halogens is 1. The average Bonchev–Trinajstić information content (AvgIpc) is 3.07. The van der Waals surface area contributed by atoms with Gasteiger partial charge in [-0.25, -0.2) is 4.39 Å². The summed E-state index contributed by atoms with van der Waals surface area (Å²) in [6.07, 6.45) is 0.616. The van der Waals surface area contributed by atoms with Gasteiger partial charge in [0.1, 0.15) is 11.5 Å². The smallest absolute Gasteiger partial charge is 0.267 e. The molecule has 0 saturated carbocycles. The normalized spacial score (nSPS) is 11.0. The fourth-order valence-corrected chi connectivity index (χ4v) is 3.43. The molecule has 2 aromatic heterocycles. The fraction of sp³-hybridized carbons (Fsp3) is 0.235. The first-order valence-electron chi connectivity index (χ1n) is 7.28. The Balaban J connectivity index is 1.67. The lowest BCUT2D eigenvalue weighted by atomic mass is 10.1. The highest BCUT2D eigenvalue weighted by molar-refractivity contribution is 7.17. The molecule has 0 atom stereocenters. The zero-order chi connectivity index (χ0) is 15.5.